The molecular weight excluding hydrogens is 267 g/mol. The van der Waals surface area contributed by atoms with Crippen molar-refractivity contribution in [3.05, 3.63) is 0 Å². The smallest absolute Gasteiger partial charge is 0.372 e. The summed E-state index contributed by atoms with van der Waals surface area (Å²) < 4.78 is 28.0. The van der Waals surface area contributed by atoms with Gasteiger partial charge in [0.1, 0.15) is 6.10 Å². The van der Waals surface area contributed by atoms with Gasteiger partial charge in [0.2, 0.25) is 0 Å². The molecule has 1 saturated carbocycles. The van der Waals surface area contributed by atoms with Gasteiger partial charge in [-0.25, -0.2) is 4.57 Å². The molecule has 112 valence electrons. The summed E-state index contributed by atoms with van der Waals surface area (Å²) in [5.74, 6) is 0.489. The highest BCUT2D eigenvalue weighted by atomic mass is 31.2. The molecule has 3 unspecified atom stereocenters. The van der Waals surface area contributed by atoms with Crippen molar-refractivity contribution in [2.24, 2.45) is 11.8 Å². The first-order valence-corrected chi connectivity index (χ1v) is 8.70. The summed E-state index contributed by atoms with van der Waals surface area (Å²) in [5, 5.41) is 0. The third kappa shape index (κ3) is 4.02. The number of phosphoric ester groups is 1. The lowest BCUT2D eigenvalue weighted by Crippen LogP contribution is -2.26. The maximum Gasteiger partial charge on any atom is 0.472 e. The highest BCUT2D eigenvalue weighted by Crippen LogP contribution is 2.49. The Bertz CT molecular complexity index is 342. The summed E-state index contributed by atoms with van der Waals surface area (Å²) in [6.07, 6.45) is 4.01. The molecule has 1 aliphatic heterocycles. The summed E-state index contributed by atoms with van der Waals surface area (Å²) in [4.78, 5) is 9.81. The van der Waals surface area contributed by atoms with Crippen molar-refractivity contribution < 1.29 is 23.2 Å². The zero-order chi connectivity index (χ0) is 14.0. The molecule has 0 aromatic carbocycles. The van der Waals surface area contributed by atoms with E-state index in [-0.39, 0.29) is 24.2 Å². The highest BCUT2D eigenvalue weighted by Gasteiger charge is 2.42. The third-order valence-electron chi connectivity index (χ3n) is 4.35. The van der Waals surface area contributed by atoms with Crippen molar-refractivity contribution in [2.75, 3.05) is 6.61 Å². The summed E-state index contributed by atoms with van der Waals surface area (Å²) in [6, 6.07) is 0. The predicted molar refractivity (Wildman–Crippen MR) is 71.8 cm³/mol. The minimum Gasteiger partial charge on any atom is -0.372 e. The van der Waals surface area contributed by atoms with E-state index in [2.05, 4.69) is 0 Å². The van der Waals surface area contributed by atoms with Crippen molar-refractivity contribution in [3.8, 4) is 0 Å². The Labute approximate surface area is 115 Å². The van der Waals surface area contributed by atoms with Crippen molar-refractivity contribution in [3.63, 3.8) is 0 Å². The van der Waals surface area contributed by atoms with Crippen LogP contribution in [0, 0.1) is 11.8 Å². The van der Waals surface area contributed by atoms with Gasteiger partial charge in [0, 0.05) is 5.92 Å². The van der Waals surface area contributed by atoms with E-state index < -0.39 is 7.82 Å². The molecular formula is C13H25O5P. The fraction of sp³-hybridized carbons (Fsp3) is 1.00. The molecule has 0 radical (unpaired) electrons. The molecule has 0 bridgehead atoms. The van der Waals surface area contributed by atoms with Crippen LogP contribution in [0.4, 0.5) is 0 Å². The van der Waals surface area contributed by atoms with Crippen molar-refractivity contribution in [1.29, 1.82) is 0 Å². The lowest BCUT2D eigenvalue weighted by Gasteiger charge is -2.22. The molecule has 2 fully saturated rings. The first-order valence-electron chi connectivity index (χ1n) is 7.20. The number of phosphoric acid groups is 1. The minimum atomic E-state index is -3.98. The summed E-state index contributed by atoms with van der Waals surface area (Å²) in [7, 11) is -3.98. The summed E-state index contributed by atoms with van der Waals surface area (Å²) in [6.45, 7) is 6.10. The Hall–Kier alpha value is 0.0700. The third-order valence-corrected chi connectivity index (χ3v) is 5.34. The van der Waals surface area contributed by atoms with Gasteiger partial charge in [-0.2, -0.15) is 0 Å². The van der Waals surface area contributed by atoms with E-state index in [1.165, 1.54) is 12.8 Å². The van der Waals surface area contributed by atoms with E-state index in [0.29, 0.717) is 12.5 Å². The highest BCUT2D eigenvalue weighted by molar-refractivity contribution is 7.47. The molecule has 1 aliphatic carbocycles. The fourth-order valence-corrected chi connectivity index (χ4v) is 4.11. The van der Waals surface area contributed by atoms with Crippen LogP contribution in [-0.2, 0) is 18.3 Å². The average molecular weight is 292 g/mol. The Kier molecular flexibility index (Phi) is 5.07. The molecule has 19 heavy (non-hydrogen) atoms. The molecule has 0 amide bonds. The van der Waals surface area contributed by atoms with Crippen molar-refractivity contribution >= 4 is 7.82 Å². The number of ether oxygens (including phenoxy) is 1. The van der Waals surface area contributed by atoms with Crippen molar-refractivity contribution in [1.82, 2.24) is 0 Å². The van der Waals surface area contributed by atoms with Gasteiger partial charge in [-0.3, -0.25) is 9.05 Å². The van der Waals surface area contributed by atoms with Gasteiger partial charge in [-0.1, -0.05) is 19.8 Å². The lowest BCUT2D eigenvalue weighted by molar-refractivity contribution is 0.0204. The first-order chi connectivity index (χ1) is 8.89. The van der Waals surface area contributed by atoms with Crippen LogP contribution < -0.4 is 0 Å². The van der Waals surface area contributed by atoms with Crippen LogP contribution in [0.2, 0.25) is 0 Å². The van der Waals surface area contributed by atoms with Crippen LogP contribution in [0.15, 0.2) is 0 Å². The number of hydrogen-bond acceptors (Lipinski definition) is 4. The zero-order valence-electron chi connectivity index (χ0n) is 11.9. The number of rotatable bonds is 5. The molecule has 2 rings (SSSR count). The quantitative estimate of drug-likeness (QED) is 0.789. The SMILES string of the molecule is CC1O[C@@H](C)C(C)[C@H]1OP(=O)(O)OCC1CCCC1. The van der Waals surface area contributed by atoms with Gasteiger partial charge in [-0.15, -0.1) is 0 Å². The Morgan fingerprint density at radius 1 is 1.21 bits per heavy atom. The second-order valence-electron chi connectivity index (χ2n) is 5.89. The predicted octanol–water partition coefficient (Wildman–Crippen LogP) is 3.12. The zero-order valence-corrected chi connectivity index (χ0v) is 12.8. The fourth-order valence-electron chi connectivity index (χ4n) is 2.98. The van der Waals surface area contributed by atoms with Gasteiger partial charge in [0.15, 0.2) is 0 Å². The van der Waals surface area contributed by atoms with Crippen LogP contribution in [0.1, 0.15) is 46.5 Å². The van der Waals surface area contributed by atoms with Crippen LogP contribution in [0.3, 0.4) is 0 Å². The van der Waals surface area contributed by atoms with Crippen LogP contribution in [0.5, 0.6) is 0 Å². The average Bonchev–Trinajstić information content (AvgIpc) is 2.92. The van der Waals surface area contributed by atoms with E-state index in [4.69, 9.17) is 13.8 Å². The Morgan fingerprint density at radius 3 is 2.37 bits per heavy atom. The second kappa shape index (κ2) is 6.23. The topological polar surface area (TPSA) is 65.0 Å². The van der Waals surface area contributed by atoms with Crippen LogP contribution >= 0.6 is 7.82 Å². The van der Waals surface area contributed by atoms with Gasteiger partial charge >= 0.3 is 7.82 Å². The number of hydrogen-bond donors (Lipinski definition) is 1. The lowest BCUT2D eigenvalue weighted by atomic mass is 10.0. The molecule has 1 saturated heterocycles. The standard InChI is InChI=1S/C13H25O5P/c1-9-10(2)17-11(3)13(9)18-19(14,15)16-8-12-6-4-5-7-12/h9-13H,4-8H2,1-3H3,(H,14,15)/t9?,10-,11?,13+/m0/s1. The first kappa shape index (κ1) is 15.5. The molecule has 5 atom stereocenters. The van der Waals surface area contributed by atoms with Gasteiger partial charge in [0.25, 0.3) is 0 Å². The molecule has 6 heteroatoms. The van der Waals surface area contributed by atoms with Gasteiger partial charge < -0.3 is 9.63 Å². The maximum absolute atomic E-state index is 12.0. The van der Waals surface area contributed by atoms with E-state index >= 15 is 0 Å². The molecule has 0 aromatic heterocycles. The monoisotopic (exact) mass is 292 g/mol. The van der Waals surface area contributed by atoms with Gasteiger partial charge in [-0.05, 0) is 32.6 Å². The Morgan fingerprint density at radius 2 is 1.84 bits per heavy atom. The van der Waals surface area contributed by atoms with Gasteiger partial charge in [0.05, 0.1) is 18.8 Å². The molecule has 5 nitrogen and oxygen atoms in total. The molecule has 0 aromatic rings. The molecule has 1 heterocycles. The largest absolute Gasteiger partial charge is 0.472 e. The molecule has 0 spiro atoms. The maximum atomic E-state index is 12.0. The van der Waals surface area contributed by atoms with Crippen LogP contribution in [0.25, 0.3) is 0 Å². The molecule has 1 N–H and O–H groups in total. The van der Waals surface area contributed by atoms with E-state index in [1.54, 1.807) is 0 Å². The van der Waals surface area contributed by atoms with E-state index in [1.807, 2.05) is 20.8 Å². The molecule has 2 aliphatic rings. The van der Waals surface area contributed by atoms with E-state index in [0.717, 1.165) is 12.8 Å². The normalized spacial score (nSPS) is 39.6. The van der Waals surface area contributed by atoms with E-state index in [9.17, 15) is 9.46 Å². The summed E-state index contributed by atoms with van der Waals surface area (Å²) in [5.41, 5.74) is 0. The second-order valence-corrected chi connectivity index (χ2v) is 7.30. The minimum absolute atomic E-state index is 0.0369. The Balaban J connectivity index is 1.84. The summed E-state index contributed by atoms with van der Waals surface area (Å²) >= 11 is 0. The van der Waals surface area contributed by atoms with Crippen LogP contribution in [-0.4, -0.2) is 29.8 Å². The van der Waals surface area contributed by atoms with Crippen molar-refractivity contribution in [2.45, 2.75) is 64.8 Å².